The number of primary amides is 1. The number of unbranched alkanes of at least 4 members (excludes halogenated alkanes) is 2. The number of nitrogens with zero attached hydrogens (tertiary/aromatic N) is 3. The first-order valence-electron chi connectivity index (χ1n) is 17.3. The second-order valence-corrected chi connectivity index (χ2v) is 14.6. The number of aliphatic hydroxyl groups is 1. The largest absolute Gasteiger partial charge is 0.484 e. The number of aromatic nitrogens is 1. The zero-order valence-electron chi connectivity index (χ0n) is 31.0. The standard InChI is InChI=1S/C35H50N4O6S.C2H4.CH3NO/c1-20(11-9-8-10-12-24-15-21(24)2)32(38-27-16-25(13-14-26(27)36)43-19-29-37-17-22(3)44-29)45-28-18-39(30(23(28)4)34(42)46)33(41)31(40)35(5,6)7;1-2;2-1-3/h13-14,16-17,21,23-24,28,30-31,40H,1,8-12,15,18-19,36H2,2-7H3,(H,42,46);1-2H2;1H,(H2,2,3)/t21?,23-,24?,28+,30?,31-;;/m1../s1. The van der Waals surface area contributed by atoms with Gasteiger partial charge in [-0.05, 0) is 55.6 Å². The number of nitrogen functional groups attached to an aromatic ring is 1. The Morgan fingerprint density at radius 2 is 1.88 bits per heavy atom. The van der Waals surface area contributed by atoms with Crippen molar-refractivity contribution >= 4 is 47.3 Å². The highest BCUT2D eigenvalue weighted by Gasteiger charge is 2.48. The quantitative estimate of drug-likeness (QED) is 0.0328. The second kappa shape index (κ2) is 20.1. The van der Waals surface area contributed by atoms with E-state index in [0.29, 0.717) is 40.8 Å². The number of benzene rings is 1. The number of hydrogen-bond acceptors (Lipinski definition) is 10. The summed E-state index contributed by atoms with van der Waals surface area (Å²) in [6, 6.07) is 4.30. The highest BCUT2D eigenvalue weighted by molar-refractivity contribution is 7.96. The molecule has 5 N–H and O–H groups in total. The number of aliphatic hydroxyl groups excluding tert-OH is 1. The Balaban J connectivity index is 0.00000171. The normalized spacial score (nSPS) is 21.7. The third-order valence-electron chi connectivity index (χ3n) is 9.04. The molecule has 2 fully saturated rings. The summed E-state index contributed by atoms with van der Waals surface area (Å²) in [4.78, 5) is 45.0. The predicted molar refractivity (Wildman–Crippen MR) is 204 cm³/mol. The summed E-state index contributed by atoms with van der Waals surface area (Å²) < 4.78 is 17.9. The molecule has 4 rings (SSSR count). The van der Waals surface area contributed by atoms with Gasteiger partial charge < -0.3 is 35.4 Å². The monoisotopic (exact) mass is 727 g/mol. The number of aryl methyl sites for hydroxylation is 1. The zero-order chi connectivity index (χ0) is 38.5. The van der Waals surface area contributed by atoms with E-state index < -0.39 is 40.6 Å². The second-order valence-electron chi connectivity index (χ2n) is 14.2. The molecule has 1 aliphatic carbocycles. The number of nitrogens with two attached hydrogens (primary N) is 2. The van der Waals surface area contributed by atoms with Crippen molar-refractivity contribution in [2.75, 3.05) is 12.3 Å². The van der Waals surface area contributed by atoms with Crippen LogP contribution in [0.2, 0.25) is 0 Å². The first-order chi connectivity index (χ1) is 24.1. The number of oxazole rings is 1. The average Bonchev–Trinajstić information content (AvgIpc) is 3.45. The molecule has 51 heavy (non-hydrogen) atoms. The van der Waals surface area contributed by atoms with E-state index in [0.717, 1.165) is 24.7 Å². The Labute approximate surface area is 308 Å². The van der Waals surface area contributed by atoms with Crippen LogP contribution in [0.15, 0.2) is 59.1 Å². The summed E-state index contributed by atoms with van der Waals surface area (Å²) in [6.45, 7) is 21.8. The van der Waals surface area contributed by atoms with Crippen molar-refractivity contribution in [3.8, 4) is 5.75 Å². The van der Waals surface area contributed by atoms with Crippen LogP contribution in [-0.2, 0) is 25.7 Å². The average molecular weight is 728 g/mol. The molecule has 1 saturated heterocycles. The van der Waals surface area contributed by atoms with Crippen molar-refractivity contribution in [1.29, 1.82) is 0 Å². The van der Waals surface area contributed by atoms with Gasteiger partial charge in [0, 0.05) is 17.6 Å². The molecule has 12 nitrogen and oxygen atoms in total. The minimum atomic E-state index is -1.29. The van der Waals surface area contributed by atoms with Crippen molar-refractivity contribution in [2.45, 2.75) is 105 Å². The van der Waals surface area contributed by atoms with Gasteiger partial charge in [0.05, 0.1) is 24.1 Å². The number of carbonyl (C=O) groups excluding carboxylic acids is 3. The Morgan fingerprint density at radius 1 is 1.24 bits per heavy atom. The maximum Gasteiger partial charge on any atom is 0.252 e. The molecule has 2 aromatic rings. The van der Waals surface area contributed by atoms with Gasteiger partial charge in [-0.2, -0.15) is 0 Å². The van der Waals surface area contributed by atoms with Crippen LogP contribution in [0.1, 0.15) is 84.8 Å². The molecule has 0 bridgehead atoms. The Bertz CT molecular complexity index is 1500. The van der Waals surface area contributed by atoms with E-state index in [1.165, 1.54) is 24.2 Å². The maximum atomic E-state index is 13.4. The molecule has 2 heterocycles. The molecular formula is C38H57N5O7S. The first kappa shape index (κ1) is 43.1. The van der Waals surface area contributed by atoms with Gasteiger partial charge in [0.2, 0.25) is 23.3 Å². The van der Waals surface area contributed by atoms with Crippen molar-refractivity contribution in [3.05, 3.63) is 61.4 Å². The van der Waals surface area contributed by atoms with Crippen LogP contribution in [0.3, 0.4) is 0 Å². The van der Waals surface area contributed by atoms with Crippen LogP contribution in [0.4, 0.5) is 11.4 Å². The molecule has 13 heteroatoms. The number of aliphatic imine (C=N–C) groups is 1. The van der Waals surface area contributed by atoms with Crippen molar-refractivity contribution in [1.82, 2.24) is 9.88 Å². The molecule has 0 spiro atoms. The number of rotatable bonds is 14. The van der Waals surface area contributed by atoms with Gasteiger partial charge in [0.25, 0.3) is 5.91 Å². The summed E-state index contributed by atoms with van der Waals surface area (Å²) in [5, 5.41) is 10.3. The van der Waals surface area contributed by atoms with Crippen LogP contribution in [-0.4, -0.2) is 63.1 Å². The first-order valence-corrected chi connectivity index (χ1v) is 17.8. The minimum Gasteiger partial charge on any atom is -0.484 e. The van der Waals surface area contributed by atoms with E-state index >= 15 is 0 Å². The van der Waals surface area contributed by atoms with Gasteiger partial charge in [-0.3, -0.25) is 14.4 Å². The van der Waals surface area contributed by atoms with E-state index in [9.17, 15) is 14.7 Å². The molecule has 2 amide bonds. The van der Waals surface area contributed by atoms with E-state index in [2.05, 4.69) is 50.0 Å². The van der Waals surface area contributed by atoms with Crippen LogP contribution < -0.4 is 16.2 Å². The molecule has 2 aliphatic rings. The number of anilines is 1. The third kappa shape index (κ3) is 12.9. The highest BCUT2D eigenvalue weighted by Crippen LogP contribution is 2.41. The molecule has 3 unspecified atom stereocenters. The molecule has 1 aromatic carbocycles. The zero-order valence-corrected chi connectivity index (χ0v) is 31.9. The number of amides is 2. The van der Waals surface area contributed by atoms with Gasteiger partial charge in [-0.15, -0.1) is 25.8 Å². The van der Waals surface area contributed by atoms with Crippen LogP contribution >= 0.6 is 12.6 Å². The van der Waals surface area contributed by atoms with Crippen molar-refractivity contribution in [2.24, 2.45) is 33.9 Å². The van der Waals surface area contributed by atoms with E-state index in [-0.39, 0.29) is 25.5 Å². The van der Waals surface area contributed by atoms with Gasteiger partial charge in [0.15, 0.2) is 6.61 Å². The Morgan fingerprint density at radius 3 is 2.43 bits per heavy atom. The van der Waals surface area contributed by atoms with Crippen molar-refractivity contribution in [3.63, 3.8) is 0 Å². The third-order valence-corrected chi connectivity index (χ3v) is 9.30. The SMILES string of the molecule is C=C.C=C(CCCCCC1CC1C)C(=Nc1cc(OCc2ncc(C)o2)ccc1N)O[C@H]1CN(C(=O)[C@@H](O)C(C)(C)C)C(C(=O)S)[C@@H]1C.NC=O. The Hall–Kier alpha value is -4.10. The molecule has 1 aromatic heterocycles. The fourth-order valence-corrected chi connectivity index (χ4v) is 6.19. The molecular weight excluding hydrogens is 671 g/mol. The van der Waals surface area contributed by atoms with Crippen LogP contribution in [0.25, 0.3) is 0 Å². The van der Waals surface area contributed by atoms with Gasteiger partial charge in [0.1, 0.15) is 29.8 Å². The summed E-state index contributed by atoms with van der Waals surface area (Å²) in [6.07, 6.45) is 6.42. The lowest BCUT2D eigenvalue weighted by atomic mass is 9.88. The van der Waals surface area contributed by atoms with Gasteiger partial charge in [-0.25, -0.2) is 9.98 Å². The van der Waals surface area contributed by atoms with Gasteiger partial charge in [-0.1, -0.05) is 60.5 Å². The fraction of sp³-hybridized carbons (Fsp3) is 0.553. The number of hydrogen-bond donors (Lipinski definition) is 4. The topological polar surface area (TPSA) is 184 Å². The molecule has 1 aliphatic heterocycles. The predicted octanol–water partition coefficient (Wildman–Crippen LogP) is 6.34. The van der Waals surface area contributed by atoms with E-state index in [4.69, 9.17) is 29.4 Å². The smallest absolute Gasteiger partial charge is 0.252 e. The Kier molecular flexibility index (Phi) is 16.9. The maximum absolute atomic E-state index is 13.4. The van der Waals surface area contributed by atoms with Crippen LogP contribution in [0, 0.1) is 30.1 Å². The van der Waals surface area contributed by atoms with E-state index in [1.807, 2.05) is 13.8 Å². The summed E-state index contributed by atoms with van der Waals surface area (Å²) in [7, 11) is 0. The molecule has 1 saturated carbocycles. The number of ether oxygens (including phenoxy) is 2. The summed E-state index contributed by atoms with van der Waals surface area (Å²) in [5.41, 5.74) is 11.4. The fourth-order valence-electron chi connectivity index (χ4n) is 5.81. The van der Waals surface area contributed by atoms with Gasteiger partial charge >= 0.3 is 0 Å². The highest BCUT2D eigenvalue weighted by atomic mass is 32.1. The summed E-state index contributed by atoms with van der Waals surface area (Å²) in [5.74, 6) is 2.71. The lowest BCUT2D eigenvalue weighted by Gasteiger charge is -2.31. The van der Waals surface area contributed by atoms with Crippen molar-refractivity contribution < 1.29 is 33.4 Å². The number of carbonyl (C=O) groups is 3. The minimum absolute atomic E-state index is 0.0875. The van der Waals surface area contributed by atoms with E-state index in [1.54, 1.807) is 45.2 Å². The molecule has 0 radical (unpaired) electrons. The number of likely N-dealkylation sites (tertiary alicyclic amines) is 1. The lowest BCUT2D eigenvalue weighted by Crippen LogP contribution is -2.49. The van der Waals surface area contributed by atoms with Crippen LogP contribution in [0.5, 0.6) is 5.75 Å². The molecule has 6 atom stereocenters. The number of thiol groups is 1. The summed E-state index contributed by atoms with van der Waals surface area (Å²) >= 11 is 4.10. The lowest BCUT2D eigenvalue weighted by molar-refractivity contribution is -0.148. The molecule has 282 valence electrons.